The van der Waals surface area contributed by atoms with Gasteiger partial charge in [-0.25, -0.2) is 0 Å². The van der Waals surface area contributed by atoms with Gasteiger partial charge in [-0.1, -0.05) is 37.3 Å². The number of thiol groups is 1. The van der Waals surface area contributed by atoms with E-state index < -0.39 is 12.0 Å². The number of benzene rings is 1. The van der Waals surface area contributed by atoms with Crippen molar-refractivity contribution in [2.24, 2.45) is 5.92 Å². The maximum Gasteiger partial charge on any atom is 0.325 e. The zero-order valence-corrected chi connectivity index (χ0v) is 11.9. The van der Waals surface area contributed by atoms with Crippen LogP contribution in [0.2, 0.25) is 0 Å². The van der Waals surface area contributed by atoms with Crippen molar-refractivity contribution in [2.75, 3.05) is 5.75 Å². The van der Waals surface area contributed by atoms with Crippen molar-refractivity contribution in [3.05, 3.63) is 35.9 Å². The number of carbonyl (C=O) groups is 2. The molecule has 0 spiro atoms. The molecule has 3 unspecified atom stereocenters. The molecule has 2 N–H and O–H groups in total. The third-order valence-corrected chi connectivity index (χ3v) is 3.58. The number of carbonyl (C=O) groups excluding carboxylic acids is 1. The van der Waals surface area contributed by atoms with E-state index in [9.17, 15) is 9.59 Å². The summed E-state index contributed by atoms with van der Waals surface area (Å²) in [6.45, 7) is 3.39. The van der Waals surface area contributed by atoms with E-state index in [-0.39, 0.29) is 17.7 Å². The van der Waals surface area contributed by atoms with Crippen LogP contribution in [0.1, 0.15) is 25.3 Å². The van der Waals surface area contributed by atoms with Gasteiger partial charge in [0, 0.05) is 5.75 Å². The molecule has 1 amide bonds. The van der Waals surface area contributed by atoms with Gasteiger partial charge >= 0.3 is 5.97 Å². The van der Waals surface area contributed by atoms with Crippen molar-refractivity contribution in [3.63, 3.8) is 0 Å². The number of hydrogen-bond acceptors (Lipinski definition) is 3. The number of carboxylic acids is 1. The summed E-state index contributed by atoms with van der Waals surface area (Å²) in [5.41, 5.74) is 1.04. The number of hydrogen-bond donors (Lipinski definition) is 3. The fourth-order valence-electron chi connectivity index (χ4n) is 1.84. The number of rotatable bonds is 6. The molecular weight excluding hydrogens is 262 g/mol. The molecule has 0 aliphatic rings. The van der Waals surface area contributed by atoms with Crippen molar-refractivity contribution < 1.29 is 14.7 Å². The summed E-state index contributed by atoms with van der Waals surface area (Å²) in [5.74, 6) is -1.32. The largest absolute Gasteiger partial charge is 0.480 e. The molecule has 0 aliphatic heterocycles. The topological polar surface area (TPSA) is 66.4 Å². The highest BCUT2D eigenvalue weighted by molar-refractivity contribution is 7.80. The maximum atomic E-state index is 12.1. The SMILES string of the molecule is CC(NC(=O)C(CS)C(C)c1ccccc1)C(=O)O. The lowest BCUT2D eigenvalue weighted by molar-refractivity contribution is -0.141. The Labute approximate surface area is 118 Å². The highest BCUT2D eigenvalue weighted by atomic mass is 32.1. The van der Waals surface area contributed by atoms with Crippen molar-refractivity contribution in [3.8, 4) is 0 Å². The second-order valence-corrected chi connectivity index (χ2v) is 4.92. The van der Waals surface area contributed by atoms with Gasteiger partial charge in [-0.3, -0.25) is 9.59 Å². The zero-order valence-electron chi connectivity index (χ0n) is 11.0. The Morgan fingerprint density at radius 2 is 1.84 bits per heavy atom. The first-order valence-corrected chi connectivity index (χ1v) is 6.79. The van der Waals surface area contributed by atoms with Gasteiger partial charge in [-0.05, 0) is 18.4 Å². The lowest BCUT2D eigenvalue weighted by Gasteiger charge is -2.23. The molecule has 0 saturated carbocycles. The van der Waals surface area contributed by atoms with E-state index in [1.807, 2.05) is 37.3 Å². The van der Waals surface area contributed by atoms with Crippen LogP contribution in [0, 0.1) is 5.92 Å². The highest BCUT2D eigenvalue weighted by Gasteiger charge is 2.27. The van der Waals surface area contributed by atoms with Crippen LogP contribution < -0.4 is 5.32 Å². The molecule has 0 radical (unpaired) electrons. The number of carboxylic acid groups (broad SMARTS) is 1. The quantitative estimate of drug-likeness (QED) is 0.698. The normalized spacial score (nSPS) is 15.3. The number of amides is 1. The van der Waals surface area contributed by atoms with Crippen LogP contribution in [0.4, 0.5) is 0 Å². The summed E-state index contributed by atoms with van der Waals surface area (Å²) in [6, 6.07) is 8.76. The molecule has 5 heteroatoms. The van der Waals surface area contributed by atoms with Gasteiger partial charge in [0.25, 0.3) is 0 Å². The summed E-state index contributed by atoms with van der Waals surface area (Å²) in [7, 11) is 0. The molecule has 0 fully saturated rings. The standard InChI is InChI=1S/C14H19NO3S/c1-9(11-6-4-3-5-7-11)12(8-19)13(16)15-10(2)14(17)18/h3-7,9-10,12,19H,8H2,1-2H3,(H,15,16)(H,17,18). The first kappa shape index (κ1) is 15.6. The summed E-state index contributed by atoms with van der Waals surface area (Å²) in [4.78, 5) is 22.8. The van der Waals surface area contributed by atoms with Gasteiger partial charge in [0.1, 0.15) is 6.04 Å². The molecule has 3 atom stereocenters. The van der Waals surface area contributed by atoms with Gasteiger partial charge in [-0.15, -0.1) is 0 Å². The molecule has 19 heavy (non-hydrogen) atoms. The highest BCUT2D eigenvalue weighted by Crippen LogP contribution is 2.25. The second-order valence-electron chi connectivity index (χ2n) is 4.56. The van der Waals surface area contributed by atoms with E-state index in [0.29, 0.717) is 5.75 Å². The Kier molecular flexibility index (Phi) is 5.89. The lowest BCUT2D eigenvalue weighted by atomic mass is 9.88. The van der Waals surface area contributed by atoms with Crippen molar-refractivity contribution >= 4 is 24.5 Å². The summed E-state index contributed by atoms with van der Waals surface area (Å²) in [5, 5.41) is 11.3. The van der Waals surface area contributed by atoms with Crippen molar-refractivity contribution in [1.82, 2.24) is 5.32 Å². The van der Waals surface area contributed by atoms with Crippen LogP contribution >= 0.6 is 12.6 Å². The Morgan fingerprint density at radius 1 is 1.26 bits per heavy atom. The van der Waals surface area contributed by atoms with Gasteiger partial charge < -0.3 is 10.4 Å². The summed E-state index contributed by atoms with van der Waals surface area (Å²) in [6.07, 6.45) is 0. The molecule has 1 aromatic rings. The summed E-state index contributed by atoms with van der Waals surface area (Å²) < 4.78 is 0. The molecule has 4 nitrogen and oxygen atoms in total. The smallest absolute Gasteiger partial charge is 0.325 e. The summed E-state index contributed by atoms with van der Waals surface area (Å²) >= 11 is 4.21. The third kappa shape index (κ3) is 4.28. The molecule has 0 aromatic heterocycles. The monoisotopic (exact) mass is 281 g/mol. The Morgan fingerprint density at radius 3 is 2.32 bits per heavy atom. The zero-order chi connectivity index (χ0) is 14.4. The van der Waals surface area contributed by atoms with Crippen LogP contribution in [-0.4, -0.2) is 28.8 Å². The molecule has 1 rings (SSSR count). The Bertz CT molecular complexity index is 436. The number of nitrogens with one attached hydrogen (secondary N) is 1. The van der Waals surface area contributed by atoms with Crippen LogP contribution in [-0.2, 0) is 9.59 Å². The first-order chi connectivity index (χ1) is 8.97. The predicted molar refractivity (Wildman–Crippen MR) is 77.4 cm³/mol. The van der Waals surface area contributed by atoms with Gasteiger partial charge in [-0.2, -0.15) is 12.6 Å². The van der Waals surface area contributed by atoms with Crippen LogP contribution in [0.3, 0.4) is 0 Å². The molecule has 0 heterocycles. The molecule has 104 valence electrons. The van der Waals surface area contributed by atoms with Crippen molar-refractivity contribution in [1.29, 1.82) is 0 Å². The second kappa shape index (κ2) is 7.19. The molecule has 1 aromatic carbocycles. The maximum absolute atomic E-state index is 12.1. The molecular formula is C14H19NO3S. The minimum absolute atomic E-state index is 0.0142. The minimum Gasteiger partial charge on any atom is -0.480 e. The van der Waals surface area contributed by atoms with Crippen LogP contribution in [0.5, 0.6) is 0 Å². The average Bonchev–Trinajstić information content (AvgIpc) is 2.40. The number of aliphatic carboxylic acids is 1. The molecule has 0 saturated heterocycles. The van der Waals surface area contributed by atoms with E-state index in [1.165, 1.54) is 6.92 Å². The fraction of sp³-hybridized carbons (Fsp3) is 0.429. The Balaban J connectivity index is 2.77. The third-order valence-electron chi connectivity index (χ3n) is 3.19. The van der Waals surface area contributed by atoms with Crippen molar-refractivity contribution in [2.45, 2.75) is 25.8 Å². The molecule has 0 bridgehead atoms. The fourth-order valence-corrected chi connectivity index (χ4v) is 2.32. The van der Waals surface area contributed by atoms with Crippen LogP contribution in [0.15, 0.2) is 30.3 Å². The van der Waals surface area contributed by atoms with Gasteiger partial charge in [0.2, 0.25) is 5.91 Å². The van der Waals surface area contributed by atoms with E-state index in [4.69, 9.17) is 5.11 Å². The minimum atomic E-state index is -1.04. The predicted octanol–water partition coefficient (Wildman–Crippen LogP) is 1.93. The van der Waals surface area contributed by atoms with E-state index >= 15 is 0 Å². The lowest BCUT2D eigenvalue weighted by Crippen LogP contribution is -2.43. The van der Waals surface area contributed by atoms with Crippen LogP contribution in [0.25, 0.3) is 0 Å². The average molecular weight is 281 g/mol. The first-order valence-electron chi connectivity index (χ1n) is 6.16. The Hall–Kier alpha value is -1.49. The van der Waals surface area contributed by atoms with Gasteiger partial charge in [0.15, 0.2) is 0 Å². The van der Waals surface area contributed by atoms with E-state index in [1.54, 1.807) is 0 Å². The van der Waals surface area contributed by atoms with Gasteiger partial charge in [0.05, 0.1) is 5.92 Å². The van der Waals surface area contributed by atoms with E-state index in [0.717, 1.165) is 5.56 Å². The molecule has 0 aliphatic carbocycles. The van der Waals surface area contributed by atoms with E-state index in [2.05, 4.69) is 17.9 Å².